The van der Waals surface area contributed by atoms with Crippen molar-refractivity contribution in [3.63, 3.8) is 0 Å². The summed E-state index contributed by atoms with van der Waals surface area (Å²) in [5, 5.41) is 14.2. The van der Waals surface area contributed by atoms with Crippen molar-refractivity contribution in [1.82, 2.24) is 10.6 Å². The molecule has 0 radical (unpaired) electrons. The lowest BCUT2D eigenvalue weighted by atomic mass is 9.98. The molecule has 54 heavy (non-hydrogen) atoms. The Morgan fingerprint density at radius 1 is 0.444 bits per heavy atom. The fraction of sp³-hybridized carbons (Fsp3) is 0.0408. The predicted molar refractivity (Wildman–Crippen MR) is 221 cm³/mol. The first kappa shape index (κ1) is 30.7. The topological polar surface area (TPSA) is 62.7 Å². The van der Waals surface area contributed by atoms with Crippen molar-refractivity contribution < 1.29 is 8.83 Å². The normalized spacial score (nSPS) is 16.0. The van der Waals surface area contributed by atoms with Gasteiger partial charge in [-0.15, -0.1) is 0 Å². The molecule has 2 aromatic heterocycles. The van der Waals surface area contributed by atoms with Crippen LogP contribution in [0.2, 0.25) is 0 Å². The molecule has 3 heterocycles. The first-order chi connectivity index (χ1) is 26.7. The number of para-hydroxylation sites is 2. The van der Waals surface area contributed by atoms with Crippen LogP contribution in [0.4, 0.5) is 0 Å². The maximum absolute atomic E-state index is 6.85. The van der Waals surface area contributed by atoms with Crippen LogP contribution >= 0.6 is 0 Å². The van der Waals surface area contributed by atoms with Crippen LogP contribution in [0.25, 0.3) is 76.9 Å². The van der Waals surface area contributed by atoms with E-state index in [4.69, 9.17) is 13.8 Å². The molecule has 5 nitrogen and oxygen atoms in total. The second-order valence-corrected chi connectivity index (χ2v) is 14.0. The van der Waals surface area contributed by atoms with Gasteiger partial charge in [0.15, 0.2) is 0 Å². The Bertz CT molecular complexity index is 3050. The van der Waals surface area contributed by atoms with Crippen molar-refractivity contribution in [2.75, 3.05) is 0 Å². The summed E-state index contributed by atoms with van der Waals surface area (Å²) in [5.41, 5.74) is 11.0. The second kappa shape index (κ2) is 12.3. The van der Waals surface area contributed by atoms with Crippen molar-refractivity contribution in [2.45, 2.75) is 12.3 Å². The van der Waals surface area contributed by atoms with E-state index in [1.807, 2.05) is 12.1 Å². The number of rotatable bonds is 5. The summed E-state index contributed by atoms with van der Waals surface area (Å²) in [7, 11) is 0. The number of aliphatic imine (C=N–C) groups is 1. The van der Waals surface area contributed by atoms with E-state index in [0.717, 1.165) is 88.7 Å². The van der Waals surface area contributed by atoms with E-state index >= 15 is 0 Å². The highest BCUT2D eigenvalue weighted by Crippen LogP contribution is 2.42. The molecule has 0 aliphatic carbocycles. The SMILES string of the molecule is c1ccc(C2N=C(c3ccc(-c4cccc5c4oc4c(-c6ccc7c(c6)oc6ccc8ccccc8c67)cccc45)cc3)NC(c3ccccc3)N2)cc1. The minimum Gasteiger partial charge on any atom is -0.456 e. The molecule has 1 aliphatic heterocycles. The Hall–Kier alpha value is -6.95. The zero-order valence-electron chi connectivity index (χ0n) is 29.2. The summed E-state index contributed by atoms with van der Waals surface area (Å²) in [6, 6.07) is 61.5. The number of nitrogens with one attached hydrogen (secondary N) is 2. The molecule has 2 atom stereocenters. The molecule has 0 spiro atoms. The van der Waals surface area contributed by atoms with Gasteiger partial charge in [0, 0.05) is 38.2 Å². The Balaban J connectivity index is 0.970. The fourth-order valence-electron chi connectivity index (χ4n) is 8.13. The molecule has 2 unspecified atom stereocenters. The first-order valence-electron chi connectivity index (χ1n) is 18.3. The highest BCUT2D eigenvalue weighted by molar-refractivity contribution is 6.19. The van der Waals surface area contributed by atoms with Gasteiger partial charge < -0.3 is 14.2 Å². The number of benzene rings is 8. The summed E-state index contributed by atoms with van der Waals surface area (Å²) in [5.74, 6) is 0.851. The van der Waals surface area contributed by atoms with E-state index in [-0.39, 0.29) is 12.3 Å². The lowest BCUT2D eigenvalue weighted by molar-refractivity contribution is 0.409. The van der Waals surface area contributed by atoms with Gasteiger partial charge in [-0.2, -0.15) is 0 Å². The standard InChI is InChI=1S/C49H33N3O2/c1-3-12-32(13-4-1)47-50-48(33-14-5-2-6-15-33)52-49(51-47)34-23-21-31(22-24-34)37-17-9-19-39-40-20-10-18-38(46(40)54-45(37)39)35-25-27-41-43(29-35)53-42-28-26-30-11-7-8-16-36(30)44(41)42/h1-29,47-48,50H,(H,51,52). The molecule has 1 aliphatic rings. The molecular formula is C49H33N3O2. The van der Waals surface area contributed by atoms with Gasteiger partial charge >= 0.3 is 0 Å². The van der Waals surface area contributed by atoms with Crippen molar-refractivity contribution in [2.24, 2.45) is 4.99 Å². The molecule has 11 rings (SSSR count). The van der Waals surface area contributed by atoms with Gasteiger partial charge in [-0.3, -0.25) is 5.32 Å². The van der Waals surface area contributed by atoms with E-state index in [2.05, 4.69) is 174 Å². The minimum absolute atomic E-state index is 0.0884. The van der Waals surface area contributed by atoms with Crippen LogP contribution in [0.1, 0.15) is 29.0 Å². The highest BCUT2D eigenvalue weighted by atomic mass is 16.3. The van der Waals surface area contributed by atoms with Crippen LogP contribution in [-0.4, -0.2) is 5.84 Å². The lowest BCUT2D eigenvalue weighted by Gasteiger charge is -2.32. The average Bonchev–Trinajstić information content (AvgIpc) is 3.83. The highest BCUT2D eigenvalue weighted by Gasteiger charge is 2.25. The van der Waals surface area contributed by atoms with E-state index < -0.39 is 0 Å². The van der Waals surface area contributed by atoms with Crippen LogP contribution in [0.3, 0.4) is 0 Å². The fourth-order valence-corrected chi connectivity index (χ4v) is 8.13. The largest absolute Gasteiger partial charge is 0.456 e. The number of amidine groups is 1. The van der Waals surface area contributed by atoms with E-state index in [1.165, 1.54) is 10.8 Å². The van der Waals surface area contributed by atoms with E-state index in [1.54, 1.807) is 0 Å². The molecular weight excluding hydrogens is 663 g/mol. The molecule has 0 saturated heterocycles. The summed E-state index contributed by atoms with van der Waals surface area (Å²) in [6.45, 7) is 0. The Morgan fingerprint density at radius 3 is 1.83 bits per heavy atom. The van der Waals surface area contributed by atoms with Gasteiger partial charge in [0.05, 0.1) is 0 Å². The van der Waals surface area contributed by atoms with Crippen molar-refractivity contribution in [3.8, 4) is 22.3 Å². The summed E-state index contributed by atoms with van der Waals surface area (Å²) in [4.78, 5) is 5.13. The van der Waals surface area contributed by atoms with Crippen molar-refractivity contribution in [3.05, 3.63) is 193 Å². The third-order valence-electron chi connectivity index (χ3n) is 10.8. The van der Waals surface area contributed by atoms with Gasteiger partial charge in [-0.05, 0) is 51.2 Å². The van der Waals surface area contributed by atoms with Crippen LogP contribution in [0.5, 0.6) is 0 Å². The molecule has 0 amide bonds. The Kier molecular flexibility index (Phi) is 7.00. The van der Waals surface area contributed by atoms with Crippen molar-refractivity contribution >= 4 is 60.5 Å². The van der Waals surface area contributed by atoms with Crippen LogP contribution in [-0.2, 0) is 0 Å². The predicted octanol–water partition coefficient (Wildman–Crippen LogP) is 12.3. The first-order valence-corrected chi connectivity index (χ1v) is 18.3. The molecule has 10 aromatic rings. The second-order valence-electron chi connectivity index (χ2n) is 14.0. The van der Waals surface area contributed by atoms with Gasteiger partial charge in [0.25, 0.3) is 0 Å². The number of fused-ring (bicyclic) bond motifs is 8. The van der Waals surface area contributed by atoms with Gasteiger partial charge in [0.2, 0.25) is 0 Å². The summed E-state index contributed by atoms with van der Waals surface area (Å²) < 4.78 is 13.3. The third-order valence-corrected chi connectivity index (χ3v) is 10.8. The third kappa shape index (κ3) is 5.01. The molecule has 256 valence electrons. The number of furan rings is 2. The quantitative estimate of drug-likeness (QED) is 0.188. The van der Waals surface area contributed by atoms with Crippen LogP contribution in [0.15, 0.2) is 190 Å². The Morgan fingerprint density at radius 2 is 1.07 bits per heavy atom. The smallest absolute Gasteiger partial charge is 0.143 e. The van der Waals surface area contributed by atoms with E-state index in [0.29, 0.717) is 0 Å². The molecule has 0 saturated carbocycles. The van der Waals surface area contributed by atoms with E-state index in [9.17, 15) is 0 Å². The molecule has 2 N–H and O–H groups in total. The molecule has 8 aromatic carbocycles. The lowest BCUT2D eigenvalue weighted by Crippen LogP contribution is -2.44. The van der Waals surface area contributed by atoms with Crippen molar-refractivity contribution in [1.29, 1.82) is 0 Å². The molecule has 0 fully saturated rings. The zero-order valence-corrected chi connectivity index (χ0v) is 29.2. The monoisotopic (exact) mass is 695 g/mol. The zero-order chi connectivity index (χ0) is 35.6. The number of hydrogen-bond donors (Lipinski definition) is 2. The minimum atomic E-state index is -0.182. The van der Waals surface area contributed by atoms with Gasteiger partial charge in [-0.1, -0.05) is 158 Å². The maximum atomic E-state index is 6.85. The van der Waals surface area contributed by atoms with Crippen LogP contribution < -0.4 is 10.6 Å². The van der Waals surface area contributed by atoms with Gasteiger partial charge in [0.1, 0.15) is 40.5 Å². The molecule has 0 bridgehead atoms. The summed E-state index contributed by atoms with van der Waals surface area (Å²) in [6.07, 6.45) is -0.271. The van der Waals surface area contributed by atoms with Gasteiger partial charge in [-0.25, -0.2) is 4.99 Å². The Labute approximate surface area is 311 Å². The van der Waals surface area contributed by atoms with Crippen LogP contribution in [0, 0.1) is 0 Å². The number of nitrogens with zero attached hydrogens (tertiary/aromatic N) is 1. The molecule has 5 heteroatoms. The average molecular weight is 696 g/mol. The number of hydrogen-bond acceptors (Lipinski definition) is 5. The maximum Gasteiger partial charge on any atom is 0.143 e. The summed E-state index contributed by atoms with van der Waals surface area (Å²) >= 11 is 0.